The van der Waals surface area contributed by atoms with Gasteiger partial charge in [0.25, 0.3) is 10.2 Å². The van der Waals surface area contributed by atoms with E-state index in [0.717, 1.165) is 8.78 Å². The highest BCUT2D eigenvalue weighted by molar-refractivity contribution is 9.10. The van der Waals surface area contributed by atoms with Crippen molar-refractivity contribution in [3.8, 4) is 0 Å². The van der Waals surface area contributed by atoms with Crippen molar-refractivity contribution in [2.75, 3.05) is 14.1 Å². The molecule has 2 unspecified atom stereocenters. The summed E-state index contributed by atoms with van der Waals surface area (Å²) in [6, 6.07) is 6.47. The lowest BCUT2D eigenvalue weighted by Gasteiger charge is -2.22. The minimum Gasteiger partial charge on any atom is -0.387 e. The van der Waals surface area contributed by atoms with Crippen LogP contribution in [0.3, 0.4) is 0 Å². The van der Waals surface area contributed by atoms with E-state index in [1.807, 2.05) is 0 Å². The average molecular weight is 337 g/mol. The summed E-state index contributed by atoms with van der Waals surface area (Å²) in [4.78, 5) is 0. The molecule has 0 aliphatic carbocycles. The molecule has 7 heteroatoms. The van der Waals surface area contributed by atoms with Gasteiger partial charge in [0.15, 0.2) is 0 Å². The zero-order valence-corrected chi connectivity index (χ0v) is 12.9. The molecule has 0 saturated carbocycles. The molecule has 1 rings (SSSR count). The number of nitrogens with one attached hydrogen (secondary N) is 1. The lowest BCUT2D eigenvalue weighted by Crippen LogP contribution is -2.43. The molecule has 0 fully saturated rings. The molecule has 0 radical (unpaired) electrons. The summed E-state index contributed by atoms with van der Waals surface area (Å²) in [7, 11) is -0.681. The van der Waals surface area contributed by atoms with Crippen LogP contribution in [0.1, 0.15) is 18.6 Å². The van der Waals surface area contributed by atoms with Crippen LogP contribution >= 0.6 is 15.9 Å². The number of hydrogen-bond donors (Lipinski definition) is 2. The molecule has 0 bridgehead atoms. The van der Waals surface area contributed by atoms with E-state index in [9.17, 15) is 13.5 Å². The van der Waals surface area contributed by atoms with E-state index in [-0.39, 0.29) is 0 Å². The Morgan fingerprint density at radius 3 is 2.22 bits per heavy atom. The van der Waals surface area contributed by atoms with E-state index in [1.54, 1.807) is 31.2 Å². The first-order valence-corrected chi connectivity index (χ1v) is 7.60. The van der Waals surface area contributed by atoms with Crippen LogP contribution in [0, 0.1) is 0 Å². The second kappa shape index (κ2) is 6.12. The van der Waals surface area contributed by atoms with Crippen LogP contribution in [0.4, 0.5) is 0 Å². The van der Waals surface area contributed by atoms with Crippen LogP contribution in [-0.2, 0) is 10.2 Å². The number of halogens is 1. The molecule has 0 saturated heterocycles. The Hall–Kier alpha value is -0.470. The van der Waals surface area contributed by atoms with Gasteiger partial charge in [0.1, 0.15) is 0 Å². The minimum atomic E-state index is -3.54. The minimum absolute atomic E-state index is 0.612. The van der Waals surface area contributed by atoms with Gasteiger partial charge in [-0.3, -0.25) is 0 Å². The Bertz CT molecular complexity index is 488. The third-order valence-electron chi connectivity index (χ3n) is 2.50. The Kier molecular flexibility index (Phi) is 5.30. The molecular formula is C11H17BrN2O3S. The highest BCUT2D eigenvalue weighted by Crippen LogP contribution is 2.20. The highest BCUT2D eigenvalue weighted by Gasteiger charge is 2.23. The van der Waals surface area contributed by atoms with Gasteiger partial charge in [-0.05, 0) is 24.6 Å². The van der Waals surface area contributed by atoms with Gasteiger partial charge in [-0.25, -0.2) is 0 Å². The maximum atomic E-state index is 11.6. The smallest absolute Gasteiger partial charge is 0.279 e. The van der Waals surface area contributed by atoms with E-state index in [4.69, 9.17) is 0 Å². The summed E-state index contributed by atoms with van der Waals surface area (Å²) >= 11 is 3.30. The van der Waals surface area contributed by atoms with Crippen molar-refractivity contribution in [1.82, 2.24) is 9.03 Å². The number of aliphatic hydroxyl groups is 1. The predicted octanol–water partition coefficient (Wildman–Crippen LogP) is 1.27. The van der Waals surface area contributed by atoms with Crippen LogP contribution in [0.25, 0.3) is 0 Å². The predicted molar refractivity (Wildman–Crippen MR) is 74.3 cm³/mol. The van der Waals surface area contributed by atoms with Gasteiger partial charge in [0.2, 0.25) is 0 Å². The van der Waals surface area contributed by atoms with E-state index < -0.39 is 22.4 Å². The normalized spacial score (nSPS) is 15.7. The molecule has 18 heavy (non-hydrogen) atoms. The summed E-state index contributed by atoms with van der Waals surface area (Å²) in [6.45, 7) is 1.62. The van der Waals surface area contributed by atoms with Gasteiger partial charge in [-0.1, -0.05) is 28.1 Å². The molecule has 102 valence electrons. The van der Waals surface area contributed by atoms with Crippen LogP contribution in [0.5, 0.6) is 0 Å². The topological polar surface area (TPSA) is 69.6 Å². The molecule has 0 aliphatic heterocycles. The lowest BCUT2D eigenvalue weighted by atomic mass is 10.0. The summed E-state index contributed by atoms with van der Waals surface area (Å²) in [5, 5.41) is 10.1. The van der Waals surface area contributed by atoms with Crippen molar-refractivity contribution in [1.29, 1.82) is 0 Å². The number of hydrogen-bond acceptors (Lipinski definition) is 3. The Morgan fingerprint density at radius 2 is 1.78 bits per heavy atom. The molecule has 0 heterocycles. The number of aliphatic hydroxyl groups excluding tert-OH is 1. The maximum Gasteiger partial charge on any atom is 0.279 e. The Balaban J connectivity index is 2.79. The van der Waals surface area contributed by atoms with Crippen LogP contribution in [0.2, 0.25) is 0 Å². The monoisotopic (exact) mass is 336 g/mol. The van der Waals surface area contributed by atoms with Gasteiger partial charge in [0.05, 0.1) is 12.1 Å². The Labute approximate surface area is 116 Å². The molecule has 0 amide bonds. The number of benzene rings is 1. The van der Waals surface area contributed by atoms with Gasteiger partial charge < -0.3 is 5.11 Å². The number of nitrogens with zero attached hydrogens (tertiary/aromatic N) is 1. The summed E-state index contributed by atoms with van der Waals surface area (Å²) < 4.78 is 27.6. The second-order valence-electron chi connectivity index (χ2n) is 4.19. The third kappa shape index (κ3) is 4.03. The molecule has 0 spiro atoms. The standard InChI is InChI=1S/C11H17BrN2O3S/c1-8(13-18(16,17)14(2)3)11(15)9-4-6-10(12)7-5-9/h4-8,11,13,15H,1-3H3. The van der Waals surface area contributed by atoms with E-state index in [2.05, 4.69) is 20.7 Å². The second-order valence-corrected chi connectivity index (χ2v) is 7.02. The maximum absolute atomic E-state index is 11.6. The van der Waals surface area contributed by atoms with E-state index in [0.29, 0.717) is 5.56 Å². The average Bonchev–Trinajstić information content (AvgIpc) is 2.28. The quantitative estimate of drug-likeness (QED) is 0.850. The SMILES string of the molecule is CC(NS(=O)(=O)N(C)C)C(O)c1ccc(Br)cc1. The summed E-state index contributed by atoms with van der Waals surface area (Å²) in [6.07, 6.45) is -0.896. The van der Waals surface area contributed by atoms with Crippen molar-refractivity contribution < 1.29 is 13.5 Å². The fourth-order valence-electron chi connectivity index (χ4n) is 1.35. The molecule has 1 aromatic carbocycles. The first-order chi connectivity index (χ1) is 8.24. The first-order valence-electron chi connectivity index (χ1n) is 5.37. The van der Waals surface area contributed by atoms with Crippen molar-refractivity contribution in [3.05, 3.63) is 34.3 Å². The van der Waals surface area contributed by atoms with E-state index >= 15 is 0 Å². The van der Waals surface area contributed by atoms with Crippen LogP contribution < -0.4 is 4.72 Å². The first kappa shape index (κ1) is 15.6. The number of rotatable bonds is 5. The molecular weight excluding hydrogens is 320 g/mol. The van der Waals surface area contributed by atoms with Crippen molar-refractivity contribution >= 4 is 26.1 Å². The fourth-order valence-corrected chi connectivity index (χ4v) is 2.43. The largest absolute Gasteiger partial charge is 0.387 e. The van der Waals surface area contributed by atoms with Crippen LogP contribution in [0.15, 0.2) is 28.7 Å². The fraction of sp³-hybridized carbons (Fsp3) is 0.455. The van der Waals surface area contributed by atoms with Crippen molar-refractivity contribution in [3.63, 3.8) is 0 Å². The summed E-state index contributed by atoms with van der Waals surface area (Å²) in [5.41, 5.74) is 0.659. The van der Waals surface area contributed by atoms with Crippen molar-refractivity contribution in [2.24, 2.45) is 0 Å². The van der Waals surface area contributed by atoms with Gasteiger partial charge in [0, 0.05) is 18.6 Å². The molecule has 0 aromatic heterocycles. The highest BCUT2D eigenvalue weighted by atomic mass is 79.9. The van der Waals surface area contributed by atoms with Gasteiger partial charge in [-0.15, -0.1) is 0 Å². The zero-order chi connectivity index (χ0) is 13.9. The molecule has 2 atom stereocenters. The van der Waals surface area contributed by atoms with Crippen molar-refractivity contribution in [2.45, 2.75) is 19.1 Å². The molecule has 0 aliphatic rings. The molecule has 1 aromatic rings. The zero-order valence-electron chi connectivity index (χ0n) is 10.5. The molecule has 2 N–H and O–H groups in total. The van der Waals surface area contributed by atoms with Crippen LogP contribution in [-0.4, -0.2) is 38.0 Å². The van der Waals surface area contributed by atoms with Gasteiger partial charge in [-0.2, -0.15) is 17.4 Å². The molecule has 5 nitrogen and oxygen atoms in total. The van der Waals surface area contributed by atoms with Gasteiger partial charge >= 0.3 is 0 Å². The third-order valence-corrected chi connectivity index (χ3v) is 4.66. The van der Waals surface area contributed by atoms with E-state index in [1.165, 1.54) is 14.1 Å². The summed E-state index contributed by atoms with van der Waals surface area (Å²) in [5.74, 6) is 0. The Morgan fingerprint density at radius 1 is 1.28 bits per heavy atom. The lowest BCUT2D eigenvalue weighted by molar-refractivity contribution is 0.145.